The van der Waals surface area contributed by atoms with Crippen LogP contribution in [0, 0.1) is 0 Å². The van der Waals surface area contributed by atoms with E-state index in [4.69, 9.17) is 5.11 Å². The molecule has 6 nitrogen and oxygen atoms in total. The van der Waals surface area contributed by atoms with E-state index in [1.165, 1.54) is 11.0 Å². The smallest absolute Gasteiger partial charge is 0.323 e. The van der Waals surface area contributed by atoms with Crippen LogP contribution in [0.1, 0.15) is 12.6 Å². The number of carbonyl (C=O) groups is 2. The minimum absolute atomic E-state index is 0.287. The Bertz CT molecular complexity index is 437. The molecule has 0 fully saturated rings. The summed E-state index contributed by atoms with van der Waals surface area (Å²) in [6, 6.07) is 1.76. The van der Waals surface area contributed by atoms with Crippen LogP contribution in [0.5, 0.6) is 0 Å². The highest BCUT2D eigenvalue weighted by molar-refractivity contribution is 5.93. The zero-order chi connectivity index (χ0) is 12.8. The van der Waals surface area contributed by atoms with Crippen molar-refractivity contribution < 1.29 is 14.7 Å². The van der Waals surface area contributed by atoms with E-state index in [0.29, 0.717) is 6.54 Å². The molecule has 0 bridgehead atoms. The van der Waals surface area contributed by atoms with Gasteiger partial charge in [-0.3, -0.25) is 14.3 Å². The van der Waals surface area contributed by atoms with Crippen molar-refractivity contribution >= 4 is 18.0 Å². The van der Waals surface area contributed by atoms with E-state index in [2.05, 4.69) is 5.10 Å². The lowest BCUT2D eigenvalue weighted by Gasteiger charge is -2.15. The molecule has 0 saturated heterocycles. The van der Waals surface area contributed by atoms with Gasteiger partial charge in [-0.2, -0.15) is 5.10 Å². The molecular weight excluding hydrogens is 222 g/mol. The number of likely N-dealkylation sites (N-methyl/N-ethyl adjacent to an activating group) is 1. The molecule has 1 heterocycles. The van der Waals surface area contributed by atoms with Crippen molar-refractivity contribution in [2.24, 2.45) is 7.05 Å². The Morgan fingerprint density at radius 3 is 2.76 bits per heavy atom. The van der Waals surface area contributed by atoms with E-state index >= 15 is 0 Å². The van der Waals surface area contributed by atoms with Crippen LogP contribution in [0.15, 0.2) is 18.3 Å². The van der Waals surface area contributed by atoms with Gasteiger partial charge in [0, 0.05) is 25.9 Å². The largest absolute Gasteiger partial charge is 0.480 e. The molecular formula is C11H15N3O3. The Morgan fingerprint density at radius 2 is 2.29 bits per heavy atom. The topological polar surface area (TPSA) is 75.4 Å². The standard InChI is InChI=1S/C11H15N3O3/c1-3-14(8-11(16)17)10(15)5-4-9-6-7-12-13(9)2/h4-7H,3,8H2,1-2H3,(H,16,17)/b5-4+. The summed E-state index contributed by atoms with van der Waals surface area (Å²) < 4.78 is 1.62. The number of hydrogen-bond donors (Lipinski definition) is 1. The maximum absolute atomic E-state index is 11.7. The molecule has 0 aliphatic heterocycles. The molecule has 0 spiro atoms. The highest BCUT2D eigenvalue weighted by Gasteiger charge is 2.11. The quantitative estimate of drug-likeness (QED) is 0.750. The maximum atomic E-state index is 11.7. The molecule has 1 N–H and O–H groups in total. The number of carboxylic acid groups (broad SMARTS) is 1. The fourth-order valence-corrected chi connectivity index (χ4v) is 1.32. The van der Waals surface area contributed by atoms with Gasteiger partial charge < -0.3 is 10.0 Å². The first-order chi connectivity index (χ1) is 8.04. The van der Waals surface area contributed by atoms with Crippen molar-refractivity contribution in [3.63, 3.8) is 0 Å². The number of rotatable bonds is 5. The molecule has 6 heteroatoms. The normalized spacial score (nSPS) is 10.7. The van der Waals surface area contributed by atoms with Crippen molar-refractivity contribution in [1.82, 2.24) is 14.7 Å². The first kappa shape index (κ1) is 13.0. The second-order valence-electron chi connectivity index (χ2n) is 3.46. The van der Waals surface area contributed by atoms with Crippen molar-refractivity contribution in [3.05, 3.63) is 24.0 Å². The van der Waals surface area contributed by atoms with E-state index in [1.807, 2.05) is 0 Å². The lowest BCUT2D eigenvalue weighted by molar-refractivity contribution is -0.142. The molecule has 92 valence electrons. The molecule has 1 amide bonds. The van der Waals surface area contributed by atoms with E-state index in [-0.39, 0.29) is 12.5 Å². The van der Waals surface area contributed by atoms with Crippen molar-refractivity contribution in [2.75, 3.05) is 13.1 Å². The van der Waals surface area contributed by atoms with Gasteiger partial charge in [0.2, 0.25) is 5.91 Å². The molecule has 0 radical (unpaired) electrons. The summed E-state index contributed by atoms with van der Waals surface area (Å²) in [5.74, 6) is -1.34. The van der Waals surface area contributed by atoms with Gasteiger partial charge in [0.1, 0.15) is 6.54 Å². The Balaban J connectivity index is 2.67. The zero-order valence-corrected chi connectivity index (χ0v) is 9.83. The van der Waals surface area contributed by atoms with Crippen LogP contribution in [0.4, 0.5) is 0 Å². The molecule has 1 aromatic rings. The summed E-state index contributed by atoms with van der Waals surface area (Å²) in [4.78, 5) is 23.4. The lowest BCUT2D eigenvalue weighted by atomic mass is 10.3. The Morgan fingerprint density at radius 1 is 1.59 bits per heavy atom. The summed E-state index contributed by atoms with van der Waals surface area (Å²) >= 11 is 0. The molecule has 0 saturated carbocycles. The molecule has 0 aliphatic carbocycles. The second-order valence-corrected chi connectivity index (χ2v) is 3.46. The third-order valence-corrected chi connectivity index (χ3v) is 2.28. The number of aryl methyl sites for hydroxylation is 1. The predicted molar refractivity (Wildman–Crippen MR) is 62.1 cm³/mol. The second kappa shape index (κ2) is 5.83. The van der Waals surface area contributed by atoms with E-state index in [0.717, 1.165) is 5.69 Å². The monoisotopic (exact) mass is 237 g/mol. The van der Waals surface area contributed by atoms with Gasteiger partial charge in [-0.25, -0.2) is 0 Å². The van der Waals surface area contributed by atoms with Crippen LogP contribution in [-0.2, 0) is 16.6 Å². The van der Waals surface area contributed by atoms with Gasteiger partial charge in [-0.15, -0.1) is 0 Å². The van der Waals surface area contributed by atoms with Crippen molar-refractivity contribution in [3.8, 4) is 0 Å². The summed E-state index contributed by atoms with van der Waals surface area (Å²) in [6.45, 7) is 1.81. The number of carbonyl (C=O) groups excluding carboxylic acids is 1. The summed E-state index contributed by atoms with van der Waals surface area (Å²) in [7, 11) is 1.76. The minimum atomic E-state index is -1.02. The van der Waals surface area contributed by atoms with Gasteiger partial charge in [-0.05, 0) is 19.1 Å². The van der Waals surface area contributed by atoms with Crippen LogP contribution >= 0.6 is 0 Å². The van der Waals surface area contributed by atoms with Crippen LogP contribution in [0.3, 0.4) is 0 Å². The Labute approximate surface area is 99.1 Å². The highest BCUT2D eigenvalue weighted by Crippen LogP contribution is 2.00. The summed E-state index contributed by atoms with van der Waals surface area (Å²) in [5, 5.41) is 12.6. The summed E-state index contributed by atoms with van der Waals surface area (Å²) in [6.07, 6.45) is 4.59. The predicted octanol–water partition coefficient (Wildman–Crippen LogP) is 0.366. The molecule has 0 aromatic carbocycles. The third kappa shape index (κ3) is 3.75. The van der Waals surface area contributed by atoms with Crippen LogP contribution in [0.2, 0.25) is 0 Å². The first-order valence-electron chi connectivity index (χ1n) is 5.21. The van der Waals surface area contributed by atoms with Gasteiger partial charge in [0.05, 0.1) is 5.69 Å². The Hall–Kier alpha value is -2.11. The highest BCUT2D eigenvalue weighted by atomic mass is 16.4. The number of aliphatic carboxylic acids is 1. The van der Waals surface area contributed by atoms with Crippen LogP contribution < -0.4 is 0 Å². The fraction of sp³-hybridized carbons (Fsp3) is 0.364. The van der Waals surface area contributed by atoms with Gasteiger partial charge in [-0.1, -0.05) is 0 Å². The number of hydrogen-bond acceptors (Lipinski definition) is 3. The number of nitrogens with zero attached hydrogens (tertiary/aromatic N) is 3. The summed E-state index contributed by atoms with van der Waals surface area (Å²) in [5.41, 5.74) is 0.782. The van der Waals surface area contributed by atoms with Gasteiger partial charge in [0.25, 0.3) is 0 Å². The van der Waals surface area contributed by atoms with Crippen molar-refractivity contribution in [1.29, 1.82) is 0 Å². The van der Waals surface area contributed by atoms with Crippen LogP contribution in [0.25, 0.3) is 6.08 Å². The maximum Gasteiger partial charge on any atom is 0.323 e. The number of carboxylic acids is 1. The van der Waals surface area contributed by atoms with Crippen molar-refractivity contribution in [2.45, 2.75) is 6.92 Å². The molecule has 17 heavy (non-hydrogen) atoms. The van der Waals surface area contributed by atoms with E-state index in [1.54, 1.807) is 37.0 Å². The Kier molecular flexibility index (Phi) is 4.45. The lowest BCUT2D eigenvalue weighted by Crippen LogP contribution is -2.34. The van der Waals surface area contributed by atoms with Gasteiger partial charge in [0.15, 0.2) is 0 Å². The average molecular weight is 237 g/mol. The molecule has 1 rings (SSSR count). The third-order valence-electron chi connectivity index (χ3n) is 2.28. The fourth-order valence-electron chi connectivity index (χ4n) is 1.32. The average Bonchev–Trinajstić information content (AvgIpc) is 2.68. The van der Waals surface area contributed by atoms with Gasteiger partial charge >= 0.3 is 5.97 Å². The SMILES string of the molecule is CCN(CC(=O)O)C(=O)/C=C/c1ccnn1C. The van der Waals surface area contributed by atoms with E-state index in [9.17, 15) is 9.59 Å². The first-order valence-corrected chi connectivity index (χ1v) is 5.21. The molecule has 1 aromatic heterocycles. The number of amides is 1. The molecule has 0 unspecified atom stereocenters. The minimum Gasteiger partial charge on any atom is -0.480 e. The molecule has 0 aliphatic rings. The zero-order valence-electron chi connectivity index (χ0n) is 9.83. The van der Waals surface area contributed by atoms with Crippen LogP contribution in [-0.4, -0.2) is 44.8 Å². The number of aromatic nitrogens is 2. The van der Waals surface area contributed by atoms with E-state index < -0.39 is 5.97 Å². The molecule has 0 atom stereocenters.